The molecule has 0 aliphatic heterocycles. The van der Waals surface area contributed by atoms with Crippen molar-refractivity contribution < 1.29 is 9.53 Å². The Kier molecular flexibility index (Phi) is 5.73. The number of nitrogens with one attached hydrogen (secondary N) is 1. The quantitative estimate of drug-likeness (QED) is 0.467. The van der Waals surface area contributed by atoms with E-state index in [-0.39, 0.29) is 11.6 Å². The molecule has 0 spiro atoms. The van der Waals surface area contributed by atoms with Crippen molar-refractivity contribution in [3.05, 3.63) is 80.7 Å². The Bertz CT molecular complexity index is 1350. The SMILES string of the molecule is Cc1nc(COc2cccc(/C=C/C(=O)Nc3ccc4c(c3)n(C)c(=O)n4C)c2)cs1. The first kappa shape index (κ1) is 20.6. The van der Waals surface area contributed by atoms with Gasteiger partial charge in [-0.25, -0.2) is 9.78 Å². The van der Waals surface area contributed by atoms with Crippen molar-refractivity contribution in [2.24, 2.45) is 14.1 Å². The number of carbonyl (C=O) groups is 1. The van der Waals surface area contributed by atoms with E-state index in [0.717, 1.165) is 27.3 Å². The number of rotatable bonds is 6. The summed E-state index contributed by atoms with van der Waals surface area (Å²) in [6, 6.07) is 12.9. The van der Waals surface area contributed by atoms with Crippen LogP contribution >= 0.6 is 11.3 Å². The second-order valence-corrected chi connectivity index (χ2v) is 8.21. The van der Waals surface area contributed by atoms with E-state index in [4.69, 9.17) is 4.74 Å². The number of carbonyl (C=O) groups excluding carboxylic acids is 1. The van der Waals surface area contributed by atoms with Gasteiger partial charge in [-0.15, -0.1) is 11.3 Å². The van der Waals surface area contributed by atoms with Gasteiger partial charge in [0.15, 0.2) is 0 Å². The van der Waals surface area contributed by atoms with Crippen molar-refractivity contribution in [2.75, 3.05) is 5.32 Å². The van der Waals surface area contributed by atoms with Crippen molar-refractivity contribution in [1.82, 2.24) is 14.1 Å². The topological polar surface area (TPSA) is 78.2 Å². The Hall–Kier alpha value is -3.65. The summed E-state index contributed by atoms with van der Waals surface area (Å²) in [5.41, 5.74) is 3.84. The average Bonchev–Trinajstić information content (AvgIpc) is 3.28. The number of thiazole rings is 1. The predicted octanol–water partition coefficient (Wildman–Crippen LogP) is 3.87. The molecule has 0 aliphatic carbocycles. The fraction of sp³-hybridized carbons (Fsp3) is 0.174. The molecule has 8 heteroatoms. The molecule has 0 saturated carbocycles. The smallest absolute Gasteiger partial charge is 0.328 e. The minimum atomic E-state index is -0.260. The molecule has 1 N–H and O–H groups in total. The number of nitrogens with zero attached hydrogens (tertiary/aromatic N) is 3. The Balaban J connectivity index is 1.41. The average molecular weight is 435 g/mol. The largest absolute Gasteiger partial charge is 0.487 e. The van der Waals surface area contributed by atoms with E-state index in [2.05, 4.69) is 10.3 Å². The lowest BCUT2D eigenvalue weighted by Crippen LogP contribution is -2.19. The first-order valence-corrected chi connectivity index (χ1v) is 10.6. The molecule has 0 radical (unpaired) electrons. The van der Waals surface area contributed by atoms with Gasteiger partial charge in [0.05, 0.1) is 21.7 Å². The van der Waals surface area contributed by atoms with Crippen LogP contribution in [0.5, 0.6) is 5.75 Å². The Morgan fingerprint density at radius 1 is 1.16 bits per heavy atom. The molecule has 4 aromatic rings. The summed E-state index contributed by atoms with van der Waals surface area (Å²) in [5.74, 6) is 0.452. The van der Waals surface area contributed by atoms with Crippen LogP contribution < -0.4 is 15.7 Å². The summed E-state index contributed by atoms with van der Waals surface area (Å²) >= 11 is 1.59. The molecule has 2 aromatic heterocycles. The third-order valence-corrected chi connectivity index (χ3v) is 5.70. The summed E-state index contributed by atoms with van der Waals surface area (Å²) < 4.78 is 8.92. The predicted molar refractivity (Wildman–Crippen MR) is 123 cm³/mol. The molecule has 0 atom stereocenters. The number of hydrogen-bond donors (Lipinski definition) is 1. The van der Waals surface area contributed by atoms with E-state index in [1.807, 2.05) is 42.6 Å². The fourth-order valence-corrected chi connectivity index (χ4v) is 3.88. The highest BCUT2D eigenvalue weighted by atomic mass is 32.1. The van der Waals surface area contributed by atoms with Gasteiger partial charge in [-0.1, -0.05) is 12.1 Å². The molecule has 0 fully saturated rings. The van der Waals surface area contributed by atoms with E-state index < -0.39 is 0 Å². The Labute approximate surface area is 183 Å². The number of amides is 1. The van der Waals surface area contributed by atoms with Gasteiger partial charge in [0, 0.05) is 31.2 Å². The van der Waals surface area contributed by atoms with Gasteiger partial charge in [0.2, 0.25) is 5.91 Å². The number of hydrogen-bond acceptors (Lipinski definition) is 5. The van der Waals surface area contributed by atoms with Crippen LogP contribution in [0.4, 0.5) is 5.69 Å². The van der Waals surface area contributed by atoms with Crippen molar-refractivity contribution in [3.8, 4) is 5.75 Å². The van der Waals surface area contributed by atoms with Crippen molar-refractivity contribution in [3.63, 3.8) is 0 Å². The first-order valence-electron chi connectivity index (χ1n) is 9.69. The molecule has 0 saturated heterocycles. The number of fused-ring (bicyclic) bond motifs is 1. The zero-order valence-electron chi connectivity index (χ0n) is 17.5. The second-order valence-electron chi connectivity index (χ2n) is 7.15. The molecule has 158 valence electrons. The normalized spacial score (nSPS) is 11.3. The minimum Gasteiger partial charge on any atom is -0.487 e. The zero-order valence-corrected chi connectivity index (χ0v) is 18.3. The fourth-order valence-electron chi connectivity index (χ4n) is 3.28. The van der Waals surface area contributed by atoms with Crippen LogP contribution in [-0.4, -0.2) is 20.0 Å². The minimum absolute atomic E-state index is 0.106. The highest BCUT2D eigenvalue weighted by molar-refractivity contribution is 7.09. The zero-order chi connectivity index (χ0) is 22.0. The van der Waals surface area contributed by atoms with Crippen LogP contribution in [0.3, 0.4) is 0 Å². The summed E-state index contributed by atoms with van der Waals surface area (Å²) in [5, 5.41) is 5.82. The van der Waals surface area contributed by atoms with Gasteiger partial charge < -0.3 is 10.1 Å². The number of benzene rings is 2. The standard InChI is InChI=1S/C23H22N4O3S/c1-15-24-18(14-31-15)13-30-19-6-4-5-16(11-19)7-10-22(28)25-17-8-9-20-21(12-17)27(3)23(29)26(20)2/h4-12,14H,13H2,1-3H3,(H,25,28)/b10-7+. The molecule has 0 unspecified atom stereocenters. The van der Waals surface area contributed by atoms with E-state index >= 15 is 0 Å². The third-order valence-electron chi connectivity index (χ3n) is 4.88. The lowest BCUT2D eigenvalue weighted by Gasteiger charge is -2.05. The van der Waals surface area contributed by atoms with E-state index in [0.29, 0.717) is 18.0 Å². The molecule has 2 heterocycles. The van der Waals surface area contributed by atoms with Gasteiger partial charge >= 0.3 is 5.69 Å². The number of imidazole rings is 1. The molecule has 2 aromatic carbocycles. The van der Waals surface area contributed by atoms with Crippen LogP contribution in [0.1, 0.15) is 16.3 Å². The summed E-state index contributed by atoms with van der Waals surface area (Å²) in [6.07, 6.45) is 3.20. The maximum Gasteiger partial charge on any atom is 0.328 e. The van der Waals surface area contributed by atoms with Gasteiger partial charge in [0.1, 0.15) is 12.4 Å². The van der Waals surface area contributed by atoms with Crippen LogP contribution in [0, 0.1) is 6.92 Å². The summed E-state index contributed by atoms with van der Waals surface area (Å²) in [7, 11) is 3.43. The Morgan fingerprint density at radius 2 is 1.97 bits per heavy atom. The molecule has 31 heavy (non-hydrogen) atoms. The van der Waals surface area contributed by atoms with Crippen LogP contribution in [0.25, 0.3) is 17.1 Å². The van der Waals surface area contributed by atoms with Gasteiger partial charge in [0.25, 0.3) is 0 Å². The van der Waals surface area contributed by atoms with Crippen LogP contribution in [0.15, 0.2) is 58.7 Å². The number of ether oxygens (including phenoxy) is 1. The Morgan fingerprint density at radius 3 is 2.74 bits per heavy atom. The molecule has 0 bridgehead atoms. The lowest BCUT2D eigenvalue weighted by molar-refractivity contribution is -0.111. The summed E-state index contributed by atoms with van der Waals surface area (Å²) in [4.78, 5) is 28.8. The molecular formula is C23H22N4O3S. The van der Waals surface area contributed by atoms with Crippen molar-refractivity contribution in [2.45, 2.75) is 13.5 Å². The molecular weight excluding hydrogens is 412 g/mol. The molecule has 1 amide bonds. The van der Waals surface area contributed by atoms with Gasteiger partial charge in [-0.05, 0) is 48.9 Å². The molecule has 7 nitrogen and oxygen atoms in total. The monoisotopic (exact) mass is 434 g/mol. The van der Waals surface area contributed by atoms with Gasteiger partial charge in [-0.3, -0.25) is 13.9 Å². The molecule has 0 aliphatic rings. The second kappa shape index (κ2) is 8.61. The lowest BCUT2D eigenvalue weighted by atomic mass is 10.2. The number of aryl methyl sites for hydroxylation is 3. The maximum atomic E-state index is 12.4. The van der Waals surface area contributed by atoms with Crippen molar-refractivity contribution in [1.29, 1.82) is 0 Å². The highest BCUT2D eigenvalue weighted by Crippen LogP contribution is 2.19. The van der Waals surface area contributed by atoms with E-state index in [1.54, 1.807) is 52.8 Å². The first-order chi connectivity index (χ1) is 14.9. The van der Waals surface area contributed by atoms with Crippen LogP contribution in [-0.2, 0) is 25.5 Å². The number of aromatic nitrogens is 3. The number of anilines is 1. The third kappa shape index (κ3) is 4.59. The van der Waals surface area contributed by atoms with E-state index in [9.17, 15) is 9.59 Å². The van der Waals surface area contributed by atoms with Crippen molar-refractivity contribution >= 4 is 40.0 Å². The molecule has 4 rings (SSSR count). The van der Waals surface area contributed by atoms with Crippen LogP contribution in [0.2, 0.25) is 0 Å². The summed E-state index contributed by atoms with van der Waals surface area (Å²) in [6.45, 7) is 2.37. The van der Waals surface area contributed by atoms with Gasteiger partial charge in [-0.2, -0.15) is 0 Å². The maximum absolute atomic E-state index is 12.4. The highest BCUT2D eigenvalue weighted by Gasteiger charge is 2.09. The van der Waals surface area contributed by atoms with E-state index in [1.165, 1.54) is 6.08 Å².